The summed E-state index contributed by atoms with van der Waals surface area (Å²) in [7, 11) is 0. The minimum atomic E-state index is -0.128. The zero-order valence-electron chi connectivity index (χ0n) is 15.2. The van der Waals surface area contributed by atoms with E-state index in [1.54, 1.807) is 0 Å². The van der Waals surface area contributed by atoms with E-state index in [0.29, 0.717) is 15.3 Å². The summed E-state index contributed by atoms with van der Waals surface area (Å²) in [5.41, 5.74) is 4.45. The third-order valence-electron chi connectivity index (χ3n) is 4.39. The normalized spacial score (nSPS) is 12.4. The monoisotopic (exact) mass is 373 g/mol. The van der Waals surface area contributed by atoms with E-state index in [4.69, 9.17) is 0 Å². The predicted octanol–water partition coefficient (Wildman–Crippen LogP) is 3.74. The molecule has 0 N–H and O–H groups in total. The van der Waals surface area contributed by atoms with Gasteiger partial charge in [0.15, 0.2) is 5.82 Å². The zero-order valence-corrected chi connectivity index (χ0v) is 16.0. The van der Waals surface area contributed by atoms with Crippen molar-refractivity contribution in [2.45, 2.75) is 20.3 Å². The Hall–Kier alpha value is -3.05. The van der Waals surface area contributed by atoms with Crippen LogP contribution in [0.25, 0.3) is 23.2 Å². The largest absolute Gasteiger partial charge is 0.291 e. The van der Waals surface area contributed by atoms with E-state index in [-0.39, 0.29) is 5.56 Å². The number of aromatic nitrogens is 3. The Morgan fingerprint density at radius 3 is 2.37 bits per heavy atom. The maximum atomic E-state index is 12.6. The molecule has 0 atom stereocenters. The molecule has 134 valence electrons. The van der Waals surface area contributed by atoms with Gasteiger partial charge in [-0.1, -0.05) is 78.4 Å². The molecular formula is C22H19N3OS. The summed E-state index contributed by atoms with van der Waals surface area (Å²) < 4.78 is 2.02. The summed E-state index contributed by atoms with van der Waals surface area (Å²) in [6.45, 7) is 4.18. The molecular weight excluding hydrogens is 354 g/mol. The van der Waals surface area contributed by atoms with Crippen LogP contribution in [0.4, 0.5) is 0 Å². The van der Waals surface area contributed by atoms with E-state index < -0.39 is 0 Å². The summed E-state index contributed by atoms with van der Waals surface area (Å²) in [6, 6.07) is 16.4. The average Bonchev–Trinajstić information content (AvgIpc) is 3.21. The Labute approximate surface area is 161 Å². The molecule has 0 amide bonds. The summed E-state index contributed by atoms with van der Waals surface area (Å²) in [5.74, 6) is 0.540. The summed E-state index contributed by atoms with van der Waals surface area (Å²) >= 11 is 1.36. The molecule has 0 radical (unpaired) electrons. The lowest BCUT2D eigenvalue weighted by molar-refractivity contribution is 0.925. The van der Waals surface area contributed by atoms with Crippen LogP contribution in [-0.2, 0) is 6.42 Å². The van der Waals surface area contributed by atoms with Crippen molar-refractivity contribution >= 4 is 34.5 Å². The highest BCUT2D eigenvalue weighted by Crippen LogP contribution is 2.10. The van der Waals surface area contributed by atoms with Crippen molar-refractivity contribution < 1.29 is 0 Å². The van der Waals surface area contributed by atoms with Gasteiger partial charge in [-0.3, -0.25) is 4.79 Å². The molecule has 0 saturated carbocycles. The SMILES string of the molecule is CCc1ccc(/C=c2\sc3nc(/C=C/c4ccc(C)cc4)nn3c2=O)cc1. The van der Waals surface area contributed by atoms with E-state index in [0.717, 1.165) is 17.5 Å². The molecule has 0 bridgehead atoms. The Morgan fingerprint density at radius 1 is 1.00 bits per heavy atom. The number of thiazole rings is 1. The Balaban J connectivity index is 1.64. The summed E-state index contributed by atoms with van der Waals surface area (Å²) in [4.78, 5) is 17.7. The second kappa shape index (κ2) is 7.29. The molecule has 0 aliphatic rings. The molecule has 27 heavy (non-hydrogen) atoms. The van der Waals surface area contributed by atoms with E-state index >= 15 is 0 Å². The van der Waals surface area contributed by atoms with Gasteiger partial charge in [0.1, 0.15) is 0 Å². The molecule has 4 nitrogen and oxygen atoms in total. The van der Waals surface area contributed by atoms with Gasteiger partial charge in [0.2, 0.25) is 4.96 Å². The first-order valence-corrected chi connectivity index (χ1v) is 9.69. The van der Waals surface area contributed by atoms with E-state index in [1.165, 1.54) is 27.0 Å². The van der Waals surface area contributed by atoms with Crippen LogP contribution in [0.15, 0.2) is 53.3 Å². The Bertz CT molecular complexity index is 1220. The lowest BCUT2D eigenvalue weighted by Crippen LogP contribution is -2.23. The Morgan fingerprint density at radius 2 is 1.70 bits per heavy atom. The van der Waals surface area contributed by atoms with Gasteiger partial charge in [-0.15, -0.1) is 5.10 Å². The topological polar surface area (TPSA) is 47.3 Å². The number of benzene rings is 2. The fourth-order valence-electron chi connectivity index (χ4n) is 2.77. The van der Waals surface area contributed by atoms with E-state index in [2.05, 4.69) is 48.2 Å². The molecule has 2 aromatic heterocycles. The minimum Gasteiger partial charge on any atom is -0.266 e. The van der Waals surface area contributed by atoms with Crippen LogP contribution < -0.4 is 10.1 Å². The highest BCUT2D eigenvalue weighted by molar-refractivity contribution is 7.15. The predicted molar refractivity (Wildman–Crippen MR) is 112 cm³/mol. The van der Waals surface area contributed by atoms with Gasteiger partial charge in [-0.25, -0.2) is 0 Å². The van der Waals surface area contributed by atoms with Crippen LogP contribution in [-0.4, -0.2) is 14.6 Å². The molecule has 5 heteroatoms. The molecule has 0 aliphatic heterocycles. The molecule has 0 saturated heterocycles. The van der Waals surface area contributed by atoms with Crippen LogP contribution >= 0.6 is 11.3 Å². The molecule has 4 aromatic rings. The van der Waals surface area contributed by atoms with Gasteiger partial charge in [0.25, 0.3) is 5.56 Å². The molecule has 0 spiro atoms. The maximum absolute atomic E-state index is 12.6. The lowest BCUT2D eigenvalue weighted by atomic mass is 10.1. The van der Waals surface area contributed by atoms with Crippen molar-refractivity contribution in [1.82, 2.24) is 14.6 Å². The third kappa shape index (κ3) is 3.73. The second-order valence-corrected chi connectivity index (χ2v) is 7.43. The molecule has 2 heterocycles. The molecule has 4 rings (SSSR count). The van der Waals surface area contributed by atoms with Gasteiger partial charge < -0.3 is 0 Å². The van der Waals surface area contributed by atoms with E-state index in [9.17, 15) is 4.79 Å². The summed E-state index contributed by atoms with van der Waals surface area (Å²) in [5, 5.41) is 4.33. The fraction of sp³-hybridized carbons (Fsp3) is 0.136. The quantitative estimate of drug-likeness (QED) is 0.547. The van der Waals surface area contributed by atoms with Crippen LogP contribution in [0.3, 0.4) is 0 Å². The standard InChI is InChI=1S/C22H19N3OS/c1-3-16-8-10-18(11-9-16)14-19-21(26)25-22(27-19)23-20(24-25)13-12-17-6-4-15(2)5-7-17/h4-14H,3H2,1-2H3/b13-12+,19-14-. The van der Waals surface area contributed by atoms with Gasteiger partial charge >= 0.3 is 0 Å². The van der Waals surface area contributed by atoms with Crippen molar-refractivity contribution in [2.75, 3.05) is 0 Å². The van der Waals surface area contributed by atoms with Crippen molar-refractivity contribution in [3.05, 3.63) is 91.5 Å². The number of hydrogen-bond acceptors (Lipinski definition) is 4. The van der Waals surface area contributed by atoms with Crippen LogP contribution in [0.5, 0.6) is 0 Å². The van der Waals surface area contributed by atoms with Gasteiger partial charge in [-0.2, -0.15) is 9.50 Å². The van der Waals surface area contributed by atoms with Crippen molar-refractivity contribution in [3.63, 3.8) is 0 Å². The van der Waals surface area contributed by atoms with Gasteiger partial charge in [0.05, 0.1) is 4.53 Å². The van der Waals surface area contributed by atoms with Crippen molar-refractivity contribution in [1.29, 1.82) is 0 Å². The fourth-order valence-corrected chi connectivity index (χ4v) is 3.68. The first-order valence-electron chi connectivity index (χ1n) is 8.87. The van der Waals surface area contributed by atoms with Gasteiger partial charge in [-0.05, 0) is 42.2 Å². The highest BCUT2D eigenvalue weighted by atomic mass is 32.1. The van der Waals surface area contributed by atoms with E-state index in [1.807, 2.05) is 42.5 Å². The van der Waals surface area contributed by atoms with Crippen LogP contribution in [0.1, 0.15) is 35.0 Å². The Kier molecular flexibility index (Phi) is 4.69. The number of rotatable bonds is 4. The average molecular weight is 373 g/mol. The van der Waals surface area contributed by atoms with Crippen molar-refractivity contribution in [3.8, 4) is 0 Å². The second-order valence-electron chi connectivity index (χ2n) is 6.42. The van der Waals surface area contributed by atoms with Crippen LogP contribution in [0, 0.1) is 6.92 Å². The third-order valence-corrected chi connectivity index (χ3v) is 5.35. The highest BCUT2D eigenvalue weighted by Gasteiger charge is 2.08. The van der Waals surface area contributed by atoms with Crippen LogP contribution in [0.2, 0.25) is 0 Å². The number of aryl methyl sites for hydroxylation is 2. The van der Waals surface area contributed by atoms with Gasteiger partial charge in [0, 0.05) is 0 Å². The van der Waals surface area contributed by atoms with Crippen molar-refractivity contribution in [2.24, 2.45) is 0 Å². The zero-order chi connectivity index (χ0) is 18.8. The molecule has 2 aromatic carbocycles. The lowest BCUT2D eigenvalue weighted by Gasteiger charge is -1.96. The molecule has 0 fully saturated rings. The minimum absolute atomic E-state index is 0.128. The summed E-state index contributed by atoms with van der Waals surface area (Å²) in [6.07, 6.45) is 6.68. The maximum Gasteiger partial charge on any atom is 0.291 e. The first kappa shape index (κ1) is 17.4. The number of nitrogens with zero attached hydrogens (tertiary/aromatic N) is 3. The first-order chi connectivity index (χ1) is 13.1. The smallest absolute Gasteiger partial charge is 0.266 e. The molecule has 0 aliphatic carbocycles. The number of fused-ring (bicyclic) bond motifs is 1. The molecule has 0 unspecified atom stereocenters. The number of hydrogen-bond donors (Lipinski definition) is 0.